The van der Waals surface area contributed by atoms with E-state index < -0.39 is 11.7 Å². The molecule has 2 aromatic carbocycles. The first-order valence-corrected chi connectivity index (χ1v) is 14.1. The highest BCUT2D eigenvalue weighted by Gasteiger charge is 2.31. The number of aryl methyl sites for hydroxylation is 2. The van der Waals surface area contributed by atoms with Crippen LogP contribution in [0.15, 0.2) is 59.0 Å². The number of para-hydroxylation sites is 1. The second-order valence-electron chi connectivity index (χ2n) is 10.7. The lowest BCUT2D eigenvalue weighted by Crippen LogP contribution is -2.12. The number of fused-ring (bicyclic) bond motifs is 1. The standard InChI is InChI=1S/C13H10ClF3O.C11H13N3.C8H16/c1-2-9-4-6-12(18-9)10-7-8(13(15,16)17)3-5-11(10)14;1-8-12-10-7-5-4-6-9(10)11(13-8)14(2)3;1-7-3-5-8(2)6-4-7/h3-7H,2H2,1H3;4-7H,1-3H3;7-8H,3-6H2,1-2H3. The van der Waals surface area contributed by atoms with Gasteiger partial charge in [-0.1, -0.05) is 70.2 Å². The van der Waals surface area contributed by atoms with Crippen molar-refractivity contribution in [3.05, 3.63) is 76.8 Å². The van der Waals surface area contributed by atoms with E-state index in [0.29, 0.717) is 17.9 Å². The molecule has 5 rings (SSSR count). The summed E-state index contributed by atoms with van der Waals surface area (Å²) < 4.78 is 43.3. The molecule has 0 radical (unpaired) electrons. The van der Waals surface area contributed by atoms with E-state index in [1.807, 2.05) is 57.1 Å². The number of anilines is 1. The summed E-state index contributed by atoms with van der Waals surface area (Å²) in [4.78, 5) is 10.8. The van der Waals surface area contributed by atoms with E-state index in [1.54, 1.807) is 12.1 Å². The molecule has 0 amide bonds. The van der Waals surface area contributed by atoms with Crippen molar-refractivity contribution < 1.29 is 17.6 Å². The fourth-order valence-corrected chi connectivity index (χ4v) is 4.75. The second-order valence-corrected chi connectivity index (χ2v) is 11.1. The van der Waals surface area contributed by atoms with Crippen LogP contribution in [-0.2, 0) is 12.6 Å². The lowest BCUT2D eigenvalue weighted by molar-refractivity contribution is -0.137. The molecule has 2 aromatic heterocycles. The highest BCUT2D eigenvalue weighted by Crippen LogP contribution is 2.36. The SMILES string of the molecule is CC1CCC(C)CC1.CCc1ccc(-c2cc(C(F)(F)F)ccc2Cl)o1.Cc1nc(N(C)C)c2ccccc2n1. The highest BCUT2D eigenvalue weighted by molar-refractivity contribution is 6.33. The normalized spacial score (nSPS) is 16.9. The second kappa shape index (κ2) is 14.0. The average Bonchev–Trinajstić information content (AvgIpc) is 3.39. The number of hydrogen-bond donors (Lipinski definition) is 0. The van der Waals surface area contributed by atoms with Crippen LogP contribution in [0.3, 0.4) is 0 Å². The summed E-state index contributed by atoms with van der Waals surface area (Å²) in [6.45, 7) is 8.55. The Labute approximate surface area is 240 Å². The molecule has 0 spiro atoms. The van der Waals surface area contributed by atoms with Gasteiger partial charge in [0.15, 0.2) is 0 Å². The van der Waals surface area contributed by atoms with E-state index in [0.717, 1.165) is 46.5 Å². The van der Waals surface area contributed by atoms with Gasteiger partial charge in [-0.3, -0.25) is 0 Å². The molecule has 8 heteroatoms. The summed E-state index contributed by atoms with van der Waals surface area (Å²) in [5.41, 5.74) is 0.520. The molecule has 0 unspecified atom stereocenters. The molecule has 216 valence electrons. The predicted molar refractivity (Wildman–Crippen MR) is 159 cm³/mol. The van der Waals surface area contributed by atoms with E-state index in [9.17, 15) is 13.2 Å². The number of hydrogen-bond acceptors (Lipinski definition) is 4. The van der Waals surface area contributed by atoms with Gasteiger partial charge in [-0.05, 0) is 61.2 Å². The monoisotopic (exact) mass is 573 g/mol. The molecule has 1 fully saturated rings. The summed E-state index contributed by atoms with van der Waals surface area (Å²) >= 11 is 5.91. The first kappa shape index (κ1) is 31.5. The maximum absolute atomic E-state index is 12.6. The Bertz CT molecular complexity index is 1370. The van der Waals surface area contributed by atoms with Crippen LogP contribution in [0, 0.1) is 18.8 Å². The third kappa shape index (κ3) is 8.72. The largest absolute Gasteiger partial charge is 0.461 e. The summed E-state index contributed by atoms with van der Waals surface area (Å²) in [6.07, 6.45) is 2.18. The number of halogens is 4. The van der Waals surface area contributed by atoms with Gasteiger partial charge in [-0.15, -0.1) is 0 Å². The van der Waals surface area contributed by atoms with Crippen molar-refractivity contribution in [2.75, 3.05) is 19.0 Å². The molecule has 0 N–H and O–H groups in total. The van der Waals surface area contributed by atoms with Gasteiger partial charge in [-0.25, -0.2) is 9.97 Å². The number of benzene rings is 2. The number of alkyl halides is 3. The lowest BCUT2D eigenvalue weighted by Gasteiger charge is -2.22. The Morgan fingerprint density at radius 3 is 2.10 bits per heavy atom. The zero-order valence-corrected chi connectivity index (χ0v) is 24.9. The van der Waals surface area contributed by atoms with Gasteiger partial charge in [0.05, 0.1) is 16.1 Å². The van der Waals surface area contributed by atoms with Gasteiger partial charge in [0.2, 0.25) is 0 Å². The fraction of sp³-hybridized carbons (Fsp3) is 0.438. The zero-order chi connectivity index (χ0) is 29.4. The van der Waals surface area contributed by atoms with Gasteiger partial charge in [0.25, 0.3) is 0 Å². The molecular formula is C32H39ClF3N3O. The summed E-state index contributed by atoms with van der Waals surface area (Å²) in [7, 11) is 3.99. The Kier molecular flexibility index (Phi) is 11.0. The number of nitrogens with zero attached hydrogens (tertiary/aromatic N) is 3. The van der Waals surface area contributed by atoms with Crippen LogP contribution < -0.4 is 4.90 Å². The molecule has 4 aromatic rings. The molecule has 1 saturated carbocycles. The molecule has 2 heterocycles. The quantitative estimate of drug-likeness (QED) is 0.244. The van der Waals surface area contributed by atoms with E-state index in [-0.39, 0.29) is 10.6 Å². The van der Waals surface area contributed by atoms with Gasteiger partial charge in [0.1, 0.15) is 23.2 Å². The van der Waals surface area contributed by atoms with Crippen LogP contribution in [0.2, 0.25) is 5.02 Å². The fourth-order valence-electron chi connectivity index (χ4n) is 4.54. The third-order valence-corrected chi connectivity index (χ3v) is 7.32. The lowest BCUT2D eigenvalue weighted by atomic mass is 9.84. The summed E-state index contributed by atoms with van der Waals surface area (Å²) in [5.74, 6) is 4.89. The minimum absolute atomic E-state index is 0.236. The highest BCUT2D eigenvalue weighted by atomic mass is 35.5. The Balaban J connectivity index is 0.000000178. The average molecular weight is 574 g/mol. The van der Waals surface area contributed by atoms with Crippen molar-refractivity contribution in [1.29, 1.82) is 0 Å². The van der Waals surface area contributed by atoms with Crippen molar-refractivity contribution in [3.8, 4) is 11.3 Å². The Hall–Kier alpha value is -3.06. The third-order valence-electron chi connectivity index (χ3n) is 6.99. The van der Waals surface area contributed by atoms with Crippen LogP contribution in [0.1, 0.15) is 63.6 Å². The van der Waals surface area contributed by atoms with Crippen LogP contribution in [0.5, 0.6) is 0 Å². The summed E-state index contributed by atoms with van der Waals surface area (Å²) in [6, 6.07) is 14.6. The van der Waals surface area contributed by atoms with Crippen molar-refractivity contribution >= 4 is 28.3 Å². The van der Waals surface area contributed by atoms with Crippen LogP contribution >= 0.6 is 11.6 Å². The maximum Gasteiger partial charge on any atom is 0.416 e. The van der Waals surface area contributed by atoms with E-state index in [2.05, 4.69) is 23.8 Å². The minimum atomic E-state index is -4.39. The Morgan fingerprint density at radius 2 is 1.55 bits per heavy atom. The molecule has 0 saturated heterocycles. The Morgan fingerprint density at radius 1 is 0.925 bits per heavy atom. The molecule has 40 heavy (non-hydrogen) atoms. The van der Waals surface area contributed by atoms with Crippen molar-refractivity contribution in [3.63, 3.8) is 0 Å². The van der Waals surface area contributed by atoms with Crippen molar-refractivity contribution in [2.45, 2.75) is 66.0 Å². The van der Waals surface area contributed by atoms with Gasteiger partial charge in [0, 0.05) is 31.5 Å². The van der Waals surface area contributed by atoms with Crippen LogP contribution in [0.4, 0.5) is 19.0 Å². The molecule has 1 aliphatic rings. The number of rotatable bonds is 3. The minimum Gasteiger partial charge on any atom is -0.461 e. The topological polar surface area (TPSA) is 42.2 Å². The number of aromatic nitrogens is 2. The van der Waals surface area contributed by atoms with Crippen molar-refractivity contribution in [1.82, 2.24) is 9.97 Å². The van der Waals surface area contributed by atoms with Gasteiger partial charge < -0.3 is 9.32 Å². The first-order chi connectivity index (χ1) is 18.9. The maximum atomic E-state index is 12.6. The van der Waals surface area contributed by atoms with Gasteiger partial charge >= 0.3 is 6.18 Å². The van der Waals surface area contributed by atoms with E-state index in [1.165, 1.54) is 31.7 Å². The molecule has 0 atom stereocenters. The van der Waals surface area contributed by atoms with Crippen LogP contribution in [-0.4, -0.2) is 24.1 Å². The van der Waals surface area contributed by atoms with E-state index >= 15 is 0 Å². The molecular weight excluding hydrogens is 535 g/mol. The van der Waals surface area contributed by atoms with Crippen molar-refractivity contribution in [2.24, 2.45) is 11.8 Å². The molecule has 4 nitrogen and oxygen atoms in total. The molecule has 1 aliphatic carbocycles. The molecule has 0 bridgehead atoms. The zero-order valence-electron chi connectivity index (χ0n) is 24.1. The van der Waals surface area contributed by atoms with Gasteiger partial charge in [-0.2, -0.15) is 13.2 Å². The first-order valence-electron chi connectivity index (χ1n) is 13.8. The molecule has 0 aliphatic heterocycles. The predicted octanol–water partition coefficient (Wildman–Crippen LogP) is 10.0. The van der Waals surface area contributed by atoms with E-state index in [4.69, 9.17) is 16.0 Å². The smallest absolute Gasteiger partial charge is 0.416 e. The number of furan rings is 1. The summed E-state index contributed by atoms with van der Waals surface area (Å²) in [5, 5.41) is 1.34. The van der Waals surface area contributed by atoms with Crippen LogP contribution in [0.25, 0.3) is 22.2 Å².